The molecule has 2 N–H and O–H groups in total. The quantitative estimate of drug-likeness (QED) is 0.384. The van der Waals surface area contributed by atoms with Crippen LogP contribution in [0.5, 0.6) is 0 Å². The Kier molecular flexibility index (Phi) is 5.34. The van der Waals surface area contributed by atoms with Gasteiger partial charge < -0.3 is 9.04 Å². The lowest BCUT2D eigenvalue weighted by molar-refractivity contribution is -0.887. The predicted molar refractivity (Wildman–Crippen MR) is 58.5 cm³/mol. The molecular weight excluding hydrogens is 242 g/mol. The highest BCUT2D eigenvalue weighted by Crippen LogP contribution is 2.06. The van der Waals surface area contributed by atoms with Crippen molar-refractivity contribution in [2.24, 2.45) is 0 Å². The molecule has 0 rings (SSSR count). The summed E-state index contributed by atoms with van der Waals surface area (Å²) >= 11 is -2.25. The van der Waals surface area contributed by atoms with Gasteiger partial charge in [0, 0.05) is 0 Å². The maximum absolute atomic E-state index is 10.9. The van der Waals surface area contributed by atoms with E-state index in [0.29, 0.717) is 11.0 Å². The van der Waals surface area contributed by atoms with E-state index in [2.05, 4.69) is 0 Å². The van der Waals surface area contributed by atoms with E-state index in [1.165, 1.54) is 0 Å². The van der Waals surface area contributed by atoms with E-state index in [1.54, 1.807) is 0 Å². The van der Waals surface area contributed by atoms with Crippen molar-refractivity contribution in [3.63, 3.8) is 0 Å². The van der Waals surface area contributed by atoms with Gasteiger partial charge in [0.05, 0.1) is 32.9 Å². The molecule has 0 radical (unpaired) electrons. The molecule has 0 bridgehead atoms. The van der Waals surface area contributed by atoms with E-state index in [-0.39, 0.29) is 6.54 Å². The van der Waals surface area contributed by atoms with Crippen molar-refractivity contribution in [3.05, 3.63) is 0 Å². The van der Waals surface area contributed by atoms with Gasteiger partial charge in [-0.1, -0.05) is 0 Å². The van der Waals surface area contributed by atoms with Gasteiger partial charge in [-0.3, -0.25) is 4.55 Å². The minimum atomic E-state index is -4.21. The van der Waals surface area contributed by atoms with Gasteiger partial charge in [0.1, 0.15) is 5.25 Å². The smallest absolute Gasteiger partial charge is 0.266 e. The number of rotatable bonds is 6. The SMILES string of the molecule is CC[N+](C)(C)CC(CS(=O)(=O)O)S(=O)O. The van der Waals surface area contributed by atoms with Gasteiger partial charge in [0.25, 0.3) is 10.1 Å². The molecule has 0 saturated carbocycles. The Hall–Kier alpha value is -0.0200. The Morgan fingerprint density at radius 2 is 1.87 bits per heavy atom. The maximum Gasteiger partial charge on any atom is 0.266 e. The zero-order valence-corrected chi connectivity index (χ0v) is 10.7. The topological polar surface area (TPSA) is 91.7 Å². The van der Waals surface area contributed by atoms with Gasteiger partial charge in [-0.05, 0) is 6.92 Å². The Morgan fingerprint density at radius 1 is 1.40 bits per heavy atom. The summed E-state index contributed by atoms with van der Waals surface area (Å²) in [5, 5.41) is -0.963. The van der Waals surface area contributed by atoms with Gasteiger partial charge >= 0.3 is 0 Å². The highest BCUT2D eigenvalue weighted by atomic mass is 32.2. The van der Waals surface area contributed by atoms with Crippen LogP contribution in [0.25, 0.3) is 0 Å². The Bertz CT molecular complexity index is 324. The summed E-state index contributed by atoms with van der Waals surface area (Å²) in [4.78, 5) is 0. The lowest BCUT2D eigenvalue weighted by atomic mass is 10.3. The summed E-state index contributed by atoms with van der Waals surface area (Å²) in [5.74, 6) is -0.683. The van der Waals surface area contributed by atoms with Crippen LogP contribution < -0.4 is 0 Å². The molecule has 8 heteroatoms. The van der Waals surface area contributed by atoms with Gasteiger partial charge in [0.2, 0.25) is 0 Å². The van der Waals surface area contributed by atoms with Crippen LogP contribution in [0.4, 0.5) is 0 Å². The molecule has 0 amide bonds. The largest absolute Gasteiger partial charge is 0.328 e. The van der Waals surface area contributed by atoms with Gasteiger partial charge in [-0.25, -0.2) is 4.21 Å². The van der Waals surface area contributed by atoms with Crippen LogP contribution in [0, 0.1) is 0 Å². The van der Waals surface area contributed by atoms with Crippen molar-refractivity contribution in [3.8, 4) is 0 Å². The lowest BCUT2D eigenvalue weighted by Gasteiger charge is -2.30. The van der Waals surface area contributed by atoms with Crippen molar-refractivity contribution < 1.29 is 26.2 Å². The highest BCUT2D eigenvalue weighted by molar-refractivity contribution is 7.87. The molecule has 92 valence electrons. The molecule has 0 spiro atoms. The monoisotopic (exact) mass is 260 g/mol. The van der Waals surface area contributed by atoms with Crippen molar-refractivity contribution in [2.45, 2.75) is 12.2 Å². The molecule has 0 aromatic heterocycles. The van der Waals surface area contributed by atoms with Crippen LogP contribution >= 0.6 is 0 Å². The first-order chi connectivity index (χ1) is 6.57. The first-order valence-corrected chi connectivity index (χ1v) is 7.22. The minimum absolute atomic E-state index is 0.222. The Morgan fingerprint density at radius 3 is 2.13 bits per heavy atom. The van der Waals surface area contributed by atoms with E-state index < -0.39 is 32.2 Å². The molecular formula is C7H18NO5S2+. The fourth-order valence-electron chi connectivity index (χ4n) is 1.09. The molecule has 6 nitrogen and oxygen atoms in total. The molecule has 0 aliphatic rings. The fourth-order valence-corrected chi connectivity index (χ4v) is 3.18. The average Bonchev–Trinajstić information content (AvgIpc) is 2.00. The van der Waals surface area contributed by atoms with Crippen molar-refractivity contribution in [1.82, 2.24) is 0 Å². The van der Waals surface area contributed by atoms with Crippen molar-refractivity contribution >= 4 is 21.2 Å². The Labute approximate surface area is 92.9 Å². The summed E-state index contributed by atoms with van der Waals surface area (Å²) in [5.41, 5.74) is 0. The molecule has 0 aliphatic heterocycles. The van der Waals surface area contributed by atoms with Crippen LogP contribution in [0.3, 0.4) is 0 Å². The maximum atomic E-state index is 10.9. The van der Waals surface area contributed by atoms with E-state index in [0.717, 1.165) is 0 Å². The molecule has 0 aromatic carbocycles. The highest BCUT2D eigenvalue weighted by Gasteiger charge is 2.29. The zero-order chi connectivity index (χ0) is 12.3. The fraction of sp³-hybridized carbons (Fsp3) is 1.00. The normalized spacial score (nSPS) is 17.4. The number of nitrogens with zero attached hydrogens (tertiary/aromatic N) is 1. The Balaban J connectivity index is 4.64. The second kappa shape index (κ2) is 5.35. The molecule has 2 unspecified atom stereocenters. The van der Waals surface area contributed by atoms with Crippen molar-refractivity contribution in [1.29, 1.82) is 0 Å². The third-order valence-electron chi connectivity index (χ3n) is 2.24. The molecule has 0 aromatic rings. The van der Waals surface area contributed by atoms with Gasteiger partial charge in [0.15, 0.2) is 11.1 Å². The van der Waals surface area contributed by atoms with Crippen molar-refractivity contribution in [2.75, 3.05) is 32.9 Å². The molecule has 0 aliphatic carbocycles. The van der Waals surface area contributed by atoms with E-state index in [4.69, 9.17) is 9.11 Å². The second-order valence-corrected chi connectivity index (χ2v) is 6.80. The first kappa shape index (κ1) is 15.0. The third-order valence-corrected chi connectivity index (χ3v) is 4.16. The molecule has 15 heavy (non-hydrogen) atoms. The van der Waals surface area contributed by atoms with Gasteiger partial charge in [-0.2, -0.15) is 8.42 Å². The number of quaternary nitrogens is 1. The number of hydrogen-bond donors (Lipinski definition) is 2. The number of hydrogen-bond acceptors (Lipinski definition) is 3. The molecule has 2 atom stereocenters. The van der Waals surface area contributed by atoms with E-state index >= 15 is 0 Å². The van der Waals surface area contributed by atoms with Crippen LogP contribution in [-0.2, 0) is 21.2 Å². The predicted octanol–water partition coefficient (Wildman–Crippen LogP) is -0.439. The summed E-state index contributed by atoms with van der Waals surface area (Å²) in [6.07, 6.45) is 0. The van der Waals surface area contributed by atoms with E-state index in [9.17, 15) is 12.6 Å². The lowest BCUT2D eigenvalue weighted by Crippen LogP contribution is -2.48. The standard InChI is InChI=1S/C7H17NO5S2/c1-4-8(2,3)5-7(14(9)10)6-15(11,12)13/h7H,4-6H2,1-3H3,(H-,9,10,11,12,13)/p+1. The molecule has 0 heterocycles. The van der Waals surface area contributed by atoms with E-state index in [1.807, 2.05) is 21.0 Å². The summed E-state index contributed by atoms with van der Waals surface area (Å²) in [7, 11) is -0.565. The molecule has 0 saturated heterocycles. The van der Waals surface area contributed by atoms with Crippen LogP contribution in [-0.4, -0.2) is 64.4 Å². The zero-order valence-electron chi connectivity index (χ0n) is 9.08. The van der Waals surface area contributed by atoms with Crippen LogP contribution in [0.15, 0.2) is 0 Å². The van der Waals surface area contributed by atoms with Crippen LogP contribution in [0.1, 0.15) is 6.92 Å². The summed E-state index contributed by atoms with van der Waals surface area (Å²) in [6.45, 7) is 2.82. The van der Waals surface area contributed by atoms with Gasteiger partial charge in [-0.15, -0.1) is 0 Å². The third kappa shape index (κ3) is 6.96. The summed E-state index contributed by atoms with van der Waals surface area (Å²) < 4.78 is 50.1. The average molecular weight is 260 g/mol. The first-order valence-electron chi connectivity index (χ1n) is 4.44. The second-order valence-electron chi connectivity index (χ2n) is 4.08. The minimum Gasteiger partial charge on any atom is -0.328 e. The van der Waals surface area contributed by atoms with Crippen LogP contribution in [0.2, 0.25) is 0 Å². The molecule has 0 fully saturated rings. The summed E-state index contributed by atoms with van der Waals surface area (Å²) in [6, 6.07) is 0.